The summed E-state index contributed by atoms with van der Waals surface area (Å²) in [6, 6.07) is 9.70. The van der Waals surface area contributed by atoms with E-state index in [0.29, 0.717) is 26.2 Å². The molecule has 2 rings (SSSR count). The van der Waals surface area contributed by atoms with E-state index in [-0.39, 0.29) is 12.2 Å². The fourth-order valence-corrected chi connectivity index (χ4v) is 2.52. The standard InChI is InChI=1S/C16H24N2O3/c1-14(19)12-17-8-5-9-18(11-10-17)16(20)21-13-15-6-3-2-4-7-15/h2-4,6-7,14,19H,5,8-13H2,1H3. The number of benzene rings is 1. The predicted octanol–water partition coefficient (Wildman–Crippen LogP) is 1.71. The highest BCUT2D eigenvalue weighted by atomic mass is 16.6. The molecule has 1 aromatic carbocycles. The minimum atomic E-state index is -0.332. The molecule has 5 heteroatoms. The second-order valence-electron chi connectivity index (χ2n) is 5.53. The third-order valence-corrected chi connectivity index (χ3v) is 3.57. The zero-order valence-electron chi connectivity index (χ0n) is 12.6. The molecular formula is C16H24N2O3. The Kier molecular flexibility index (Phi) is 6.02. The average Bonchev–Trinajstić information content (AvgIpc) is 2.71. The molecule has 1 unspecified atom stereocenters. The van der Waals surface area contributed by atoms with Crippen LogP contribution in [0.3, 0.4) is 0 Å². The molecule has 0 radical (unpaired) electrons. The summed E-state index contributed by atoms with van der Waals surface area (Å²) in [6.07, 6.45) is 0.326. The van der Waals surface area contributed by atoms with Crippen molar-refractivity contribution in [3.05, 3.63) is 35.9 Å². The zero-order chi connectivity index (χ0) is 15.1. The van der Waals surface area contributed by atoms with Crippen LogP contribution in [0.15, 0.2) is 30.3 Å². The van der Waals surface area contributed by atoms with Crippen LogP contribution in [0.4, 0.5) is 4.79 Å². The Bertz CT molecular complexity index is 436. The number of carbonyl (C=O) groups excluding carboxylic acids is 1. The van der Waals surface area contributed by atoms with Crippen LogP contribution >= 0.6 is 0 Å². The Morgan fingerprint density at radius 2 is 2.00 bits per heavy atom. The molecule has 0 aliphatic carbocycles. The molecule has 0 saturated carbocycles. The Morgan fingerprint density at radius 1 is 1.24 bits per heavy atom. The maximum Gasteiger partial charge on any atom is 0.410 e. The Morgan fingerprint density at radius 3 is 2.71 bits per heavy atom. The fourth-order valence-electron chi connectivity index (χ4n) is 2.52. The van der Waals surface area contributed by atoms with Crippen LogP contribution in [0.2, 0.25) is 0 Å². The first-order valence-corrected chi connectivity index (χ1v) is 7.51. The molecule has 1 amide bonds. The minimum Gasteiger partial charge on any atom is -0.445 e. The number of β-amino-alcohol motifs (C(OH)–C–C–N with tert-alkyl or cyclic N) is 1. The van der Waals surface area contributed by atoms with E-state index in [9.17, 15) is 9.90 Å². The lowest BCUT2D eigenvalue weighted by atomic mass is 10.2. The van der Waals surface area contributed by atoms with Gasteiger partial charge in [-0.05, 0) is 25.5 Å². The molecule has 0 bridgehead atoms. The first kappa shape index (κ1) is 15.8. The van der Waals surface area contributed by atoms with Crippen LogP contribution < -0.4 is 0 Å². The van der Waals surface area contributed by atoms with Crippen molar-refractivity contribution in [3.8, 4) is 0 Å². The fraction of sp³-hybridized carbons (Fsp3) is 0.562. The quantitative estimate of drug-likeness (QED) is 0.918. The first-order valence-electron chi connectivity index (χ1n) is 7.51. The summed E-state index contributed by atoms with van der Waals surface area (Å²) in [4.78, 5) is 16.0. The van der Waals surface area contributed by atoms with Crippen LogP contribution in [0.25, 0.3) is 0 Å². The van der Waals surface area contributed by atoms with Gasteiger partial charge >= 0.3 is 6.09 Å². The van der Waals surface area contributed by atoms with Crippen LogP contribution in [-0.4, -0.2) is 59.8 Å². The summed E-state index contributed by atoms with van der Waals surface area (Å²) >= 11 is 0. The smallest absolute Gasteiger partial charge is 0.410 e. The van der Waals surface area contributed by atoms with Gasteiger partial charge in [-0.25, -0.2) is 4.79 Å². The third kappa shape index (κ3) is 5.36. The Hall–Kier alpha value is -1.59. The van der Waals surface area contributed by atoms with E-state index in [0.717, 1.165) is 25.1 Å². The molecule has 1 aromatic rings. The van der Waals surface area contributed by atoms with E-state index >= 15 is 0 Å². The van der Waals surface area contributed by atoms with Gasteiger partial charge in [0, 0.05) is 26.2 Å². The van der Waals surface area contributed by atoms with Gasteiger partial charge in [-0.1, -0.05) is 30.3 Å². The molecule has 1 aliphatic heterocycles. The highest BCUT2D eigenvalue weighted by molar-refractivity contribution is 5.67. The van der Waals surface area contributed by atoms with Crippen molar-refractivity contribution < 1.29 is 14.6 Å². The maximum atomic E-state index is 12.1. The lowest BCUT2D eigenvalue weighted by molar-refractivity contribution is 0.0954. The number of carbonyl (C=O) groups is 1. The number of aliphatic hydroxyl groups excluding tert-OH is 1. The summed E-state index contributed by atoms with van der Waals surface area (Å²) in [5, 5.41) is 9.43. The van der Waals surface area contributed by atoms with Crippen molar-refractivity contribution in [3.63, 3.8) is 0 Å². The lowest BCUT2D eigenvalue weighted by Crippen LogP contribution is -2.37. The Balaban J connectivity index is 1.77. The number of ether oxygens (including phenoxy) is 1. The van der Waals surface area contributed by atoms with Gasteiger partial charge in [-0.2, -0.15) is 0 Å². The van der Waals surface area contributed by atoms with Crippen LogP contribution in [0, 0.1) is 0 Å². The minimum absolute atomic E-state index is 0.252. The number of hydrogen-bond acceptors (Lipinski definition) is 4. The van der Waals surface area contributed by atoms with Crippen molar-refractivity contribution in [1.82, 2.24) is 9.80 Å². The second-order valence-corrected chi connectivity index (χ2v) is 5.53. The SMILES string of the molecule is CC(O)CN1CCCN(C(=O)OCc2ccccc2)CC1. The monoisotopic (exact) mass is 292 g/mol. The number of hydrogen-bond donors (Lipinski definition) is 1. The predicted molar refractivity (Wildman–Crippen MR) is 80.9 cm³/mol. The number of nitrogens with zero attached hydrogens (tertiary/aromatic N) is 2. The highest BCUT2D eigenvalue weighted by Gasteiger charge is 2.20. The normalized spacial score (nSPS) is 18.1. The molecule has 0 spiro atoms. The third-order valence-electron chi connectivity index (χ3n) is 3.57. The number of amides is 1. The van der Waals surface area contributed by atoms with Gasteiger partial charge in [0.15, 0.2) is 0 Å². The van der Waals surface area contributed by atoms with Gasteiger partial charge < -0.3 is 14.7 Å². The molecule has 1 fully saturated rings. The molecule has 1 heterocycles. The number of rotatable bonds is 4. The van der Waals surface area contributed by atoms with Gasteiger partial charge in [-0.3, -0.25) is 4.90 Å². The second kappa shape index (κ2) is 8.00. The lowest BCUT2D eigenvalue weighted by Gasteiger charge is -2.22. The molecular weight excluding hydrogens is 268 g/mol. The number of aliphatic hydroxyl groups is 1. The van der Waals surface area contributed by atoms with Crippen molar-refractivity contribution in [2.24, 2.45) is 0 Å². The largest absolute Gasteiger partial charge is 0.445 e. The zero-order valence-corrected chi connectivity index (χ0v) is 12.6. The first-order chi connectivity index (χ1) is 10.1. The molecule has 21 heavy (non-hydrogen) atoms. The summed E-state index contributed by atoms with van der Waals surface area (Å²) < 4.78 is 5.36. The van der Waals surface area contributed by atoms with Gasteiger partial charge in [-0.15, -0.1) is 0 Å². The maximum absolute atomic E-state index is 12.1. The van der Waals surface area contributed by atoms with Gasteiger partial charge in [0.05, 0.1) is 6.10 Å². The summed E-state index contributed by atoms with van der Waals surface area (Å²) in [5.74, 6) is 0. The highest BCUT2D eigenvalue weighted by Crippen LogP contribution is 2.08. The average molecular weight is 292 g/mol. The molecule has 1 atom stereocenters. The van der Waals surface area contributed by atoms with Crippen LogP contribution in [0.1, 0.15) is 18.9 Å². The summed E-state index contributed by atoms with van der Waals surface area (Å²) in [5.41, 5.74) is 0.997. The van der Waals surface area contributed by atoms with Crippen molar-refractivity contribution in [2.75, 3.05) is 32.7 Å². The summed E-state index contributed by atoms with van der Waals surface area (Å²) in [6.45, 7) is 5.82. The van der Waals surface area contributed by atoms with E-state index in [1.165, 1.54) is 0 Å². The van der Waals surface area contributed by atoms with E-state index in [1.807, 2.05) is 30.3 Å². The van der Waals surface area contributed by atoms with Gasteiger partial charge in [0.25, 0.3) is 0 Å². The van der Waals surface area contributed by atoms with E-state index in [1.54, 1.807) is 11.8 Å². The molecule has 0 aromatic heterocycles. The van der Waals surface area contributed by atoms with Crippen molar-refractivity contribution in [1.29, 1.82) is 0 Å². The Labute approximate surface area is 126 Å². The van der Waals surface area contributed by atoms with Gasteiger partial charge in [0.1, 0.15) is 6.61 Å². The summed E-state index contributed by atoms with van der Waals surface area (Å²) in [7, 11) is 0. The van der Waals surface area contributed by atoms with Crippen molar-refractivity contribution >= 4 is 6.09 Å². The van der Waals surface area contributed by atoms with E-state index in [4.69, 9.17) is 4.74 Å². The van der Waals surface area contributed by atoms with E-state index < -0.39 is 0 Å². The van der Waals surface area contributed by atoms with Crippen molar-refractivity contribution in [2.45, 2.75) is 26.1 Å². The molecule has 1 N–H and O–H groups in total. The van der Waals surface area contributed by atoms with E-state index in [2.05, 4.69) is 4.90 Å². The molecule has 1 saturated heterocycles. The van der Waals surface area contributed by atoms with Crippen LogP contribution in [0.5, 0.6) is 0 Å². The van der Waals surface area contributed by atoms with Gasteiger partial charge in [0.2, 0.25) is 0 Å². The van der Waals surface area contributed by atoms with Crippen LogP contribution in [-0.2, 0) is 11.3 Å². The topological polar surface area (TPSA) is 53.0 Å². The molecule has 5 nitrogen and oxygen atoms in total. The molecule has 1 aliphatic rings. The molecule has 116 valence electrons.